The summed E-state index contributed by atoms with van der Waals surface area (Å²) in [4.78, 5) is 17.6. The van der Waals surface area contributed by atoms with Gasteiger partial charge in [-0.15, -0.1) is 0 Å². The van der Waals surface area contributed by atoms with E-state index in [2.05, 4.69) is 4.98 Å². The quantitative estimate of drug-likeness (QED) is 0.584. The molecule has 0 spiro atoms. The van der Waals surface area contributed by atoms with Crippen LogP contribution in [0.2, 0.25) is 0 Å². The highest BCUT2D eigenvalue weighted by atomic mass is 19.1. The lowest BCUT2D eigenvalue weighted by Crippen LogP contribution is -2.37. The zero-order valence-electron chi connectivity index (χ0n) is 12.2. The van der Waals surface area contributed by atoms with Crippen LogP contribution in [0.1, 0.15) is 38.1 Å². The second kappa shape index (κ2) is 5.23. The van der Waals surface area contributed by atoms with E-state index in [-0.39, 0.29) is 6.04 Å². The Morgan fingerprint density at radius 1 is 1.45 bits per heavy atom. The summed E-state index contributed by atoms with van der Waals surface area (Å²) in [5.74, 6) is -0.538. The van der Waals surface area contributed by atoms with Crippen molar-refractivity contribution in [3.8, 4) is 0 Å². The predicted molar refractivity (Wildman–Crippen MR) is 73.8 cm³/mol. The molecule has 0 aliphatic carbocycles. The van der Waals surface area contributed by atoms with Gasteiger partial charge in [0.15, 0.2) is 0 Å². The highest BCUT2D eigenvalue weighted by Crippen LogP contribution is 2.27. The summed E-state index contributed by atoms with van der Waals surface area (Å²) in [6, 6.07) is 2.76. The summed E-state index contributed by atoms with van der Waals surface area (Å²) in [6.45, 7) is 7.68. The number of hydrogen-bond acceptors (Lipinski definition) is 3. The molecule has 1 aliphatic heterocycles. The zero-order chi connectivity index (χ0) is 14.9. The fourth-order valence-electron chi connectivity index (χ4n) is 2.09. The molecule has 1 amide bonds. The summed E-state index contributed by atoms with van der Waals surface area (Å²) < 4.78 is 18.8. The number of ether oxygens (including phenoxy) is 1. The number of rotatable bonds is 1. The van der Waals surface area contributed by atoms with Gasteiger partial charge in [-0.05, 0) is 45.4 Å². The number of amides is 1. The maximum atomic E-state index is 13.4. The van der Waals surface area contributed by atoms with E-state index < -0.39 is 17.6 Å². The molecule has 1 unspecified atom stereocenters. The van der Waals surface area contributed by atoms with Crippen LogP contribution in [-0.4, -0.2) is 28.1 Å². The number of carbonyl (C=O) groups excluding carboxylic acids is 1. The van der Waals surface area contributed by atoms with Crippen molar-refractivity contribution >= 4 is 6.09 Å². The molecule has 1 atom stereocenters. The smallest absolute Gasteiger partial charge is 0.411 e. The van der Waals surface area contributed by atoms with Gasteiger partial charge in [0.05, 0.1) is 11.7 Å². The maximum absolute atomic E-state index is 13.4. The molecule has 2 heterocycles. The highest BCUT2D eigenvalue weighted by Gasteiger charge is 2.31. The normalized spacial score (nSPS) is 18.4. The Bertz CT molecular complexity index is 529. The van der Waals surface area contributed by atoms with Crippen LogP contribution in [-0.2, 0) is 4.74 Å². The minimum atomic E-state index is -0.560. The Morgan fingerprint density at radius 2 is 2.15 bits per heavy atom. The van der Waals surface area contributed by atoms with E-state index in [0.29, 0.717) is 12.2 Å². The monoisotopic (exact) mass is 278 g/mol. The van der Waals surface area contributed by atoms with Crippen LogP contribution in [0.25, 0.3) is 0 Å². The fourth-order valence-corrected chi connectivity index (χ4v) is 2.09. The molecule has 20 heavy (non-hydrogen) atoms. The SMILES string of the molecule is Cc1cc(F)nc(C2C=CCN2C(=O)OC(C)(C)C)c1. The van der Waals surface area contributed by atoms with Crippen molar-refractivity contribution < 1.29 is 13.9 Å². The Labute approximate surface area is 118 Å². The van der Waals surface area contributed by atoms with Gasteiger partial charge in [-0.2, -0.15) is 4.39 Å². The van der Waals surface area contributed by atoms with Crippen LogP contribution in [0, 0.1) is 12.9 Å². The van der Waals surface area contributed by atoms with Gasteiger partial charge in [0.1, 0.15) is 5.60 Å². The summed E-state index contributed by atoms with van der Waals surface area (Å²) >= 11 is 0. The third kappa shape index (κ3) is 3.35. The summed E-state index contributed by atoms with van der Waals surface area (Å²) in [6.07, 6.45) is 3.28. The van der Waals surface area contributed by atoms with E-state index in [0.717, 1.165) is 5.56 Å². The van der Waals surface area contributed by atoms with Crippen LogP contribution in [0.5, 0.6) is 0 Å². The van der Waals surface area contributed by atoms with Crippen molar-refractivity contribution in [2.45, 2.75) is 39.3 Å². The number of aryl methyl sites for hydroxylation is 1. The van der Waals surface area contributed by atoms with Crippen molar-refractivity contribution in [3.63, 3.8) is 0 Å². The van der Waals surface area contributed by atoms with Gasteiger partial charge in [-0.3, -0.25) is 4.90 Å². The summed E-state index contributed by atoms with van der Waals surface area (Å²) in [7, 11) is 0. The Hall–Kier alpha value is -1.91. The van der Waals surface area contributed by atoms with Crippen molar-refractivity contribution in [1.29, 1.82) is 0 Å². The first-order valence-corrected chi connectivity index (χ1v) is 6.56. The van der Waals surface area contributed by atoms with E-state index in [9.17, 15) is 9.18 Å². The van der Waals surface area contributed by atoms with Crippen molar-refractivity contribution in [2.75, 3.05) is 6.54 Å². The van der Waals surface area contributed by atoms with Crippen LogP contribution in [0.3, 0.4) is 0 Å². The molecule has 0 aromatic carbocycles. The van der Waals surface area contributed by atoms with E-state index in [1.807, 2.05) is 32.9 Å². The van der Waals surface area contributed by atoms with E-state index in [4.69, 9.17) is 4.74 Å². The van der Waals surface area contributed by atoms with Crippen molar-refractivity contribution in [2.24, 2.45) is 0 Å². The molecule has 2 rings (SSSR count). The van der Waals surface area contributed by atoms with Crippen LogP contribution < -0.4 is 0 Å². The lowest BCUT2D eigenvalue weighted by molar-refractivity contribution is 0.0237. The van der Waals surface area contributed by atoms with Gasteiger partial charge in [-0.1, -0.05) is 12.2 Å². The molecule has 5 heteroatoms. The van der Waals surface area contributed by atoms with Crippen molar-refractivity contribution in [1.82, 2.24) is 9.88 Å². The molecule has 0 radical (unpaired) electrons. The number of pyridine rings is 1. The second-order valence-electron chi connectivity index (χ2n) is 5.90. The molecule has 0 bridgehead atoms. The van der Waals surface area contributed by atoms with Crippen LogP contribution in [0.4, 0.5) is 9.18 Å². The zero-order valence-corrected chi connectivity index (χ0v) is 12.2. The number of carbonyl (C=O) groups is 1. The lowest BCUT2D eigenvalue weighted by atomic mass is 10.1. The van der Waals surface area contributed by atoms with Gasteiger partial charge in [-0.25, -0.2) is 9.78 Å². The maximum Gasteiger partial charge on any atom is 0.411 e. The van der Waals surface area contributed by atoms with E-state index in [1.54, 1.807) is 13.0 Å². The van der Waals surface area contributed by atoms with Gasteiger partial charge in [0.25, 0.3) is 0 Å². The van der Waals surface area contributed by atoms with Crippen molar-refractivity contribution in [3.05, 3.63) is 41.5 Å². The van der Waals surface area contributed by atoms with E-state index in [1.165, 1.54) is 11.0 Å². The topological polar surface area (TPSA) is 42.4 Å². The summed E-state index contributed by atoms with van der Waals surface area (Å²) in [5.41, 5.74) is 0.731. The van der Waals surface area contributed by atoms with Gasteiger partial charge in [0.2, 0.25) is 5.95 Å². The minimum absolute atomic E-state index is 0.376. The number of hydrogen-bond donors (Lipinski definition) is 0. The molecule has 0 fully saturated rings. The predicted octanol–water partition coefficient (Wildman–Crippen LogP) is 3.38. The molecule has 1 aromatic rings. The molecular weight excluding hydrogens is 259 g/mol. The fraction of sp³-hybridized carbons (Fsp3) is 0.467. The number of aromatic nitrogens is 1. The van der Waals surface area contributed by atoms with Crippen LogP contribution in [0.15, 0.2) is 24.3 Å². The Balaban J connectivity index is 2.22. The minimum Gasteiger partial charge on any atom is -0.444 e. The van der Waals surface area contributed by atoms with Gasteiger partial charge >= 0.3 is 6.09 Å². The third-order valence-electron chi connectivity index (χ3n) is 2.85. The average molecular weight is 278 g/mol. The standard InChI is InChI=1S/C15H19FN2O2/c1-10-8-11(17-13(16)9-10)12-6-5-7-18(12)14(19)20-15(2,3)4/h5-6,8-9,12H,7H2,1-4H3. The number of halogens is 1. The largest absolute Gasteiger partial charge is 0.444 e. The average Bonchev–Trinajstić information content (AvgIpc) is 2.73. The molecule has 4 nitrogen and oxygen atoms in total. The third-order valence-corrected chi connectivity index (χ3v) is 2.85. The second-order valence-corrected chi connectivity index (χ2v) is 5.90. The first-order chi connectivity index (χ1) is 9.26. The first-order valence-electron chi connectivity index (χ1n) is 6.56. The van der Waals surface area contributed by atoms with Gasteiger partial charge < -0.3 is 4.74 Å². The molecule has 108 valence electrons. The number of nitrogens with zero attached hydrogens (tertiary/aromatic N) is 2. The Kier molecular flexibility index (Phi) is 3.79. The molecule has 1 aliphatic rings. The molecular formula is C15H19FN2O2. The van der Waals surface area contributed by atoms with Crippen LogP contribution >= 0.6 is 0 Å². The lowest BCUT2D eigenvalue weighted by Gasteiger charge is -2.28. The molecule has 0 saturated carbocycles. The summed E-state index contributed by atoms with van der Waals surface area (Å²) in [5, 5.41) is 0. The molecule has 0 saturated heterocycles. The first kappa shape index (κ1) is 14.5. The Morgan fingerprint density at radius 3 is 2.75 bits per heavy atom. The molecule has 0 N–H and O–H groups in total. The van der Waals surface area contributed by atoms with Gasteiger partial charge in [0, 0.05) is 6.54 Å². The highest BCUT2D eigenvalue weighted by molar-refractivity contribution is 5.70. The molecule has 1 aromatic heterocycles. The van der Waals surface area contributed by atoms with E-state index >= 15 is 0 Å².